The molecule has 1 N–H and O–H groups in total. The Kier molecular flexibility index (Phi) is 3.86. The molecule has 0 aliphatic carbocycles. The largest absolute Gasteiger partial charge is 0.462 e. The second kappa shape index (κ2) is 5.15. The van der Waals surface area contributed by atoms with E-state index in [1.54, 1.807) is 6.92 Å². The first-order valence-electron chi connectivity index (χ1n) is 4.35. The second-order valence-electron chi connectivity index (χ2n) is 2.63. The number of nitrogens with zero attached hydrogens (tertiary/aromatic N) is 1. The number of anilines is 1. The van der Waals surface area contributed by atoms with Crippen LogP contribution in [0.4, 0.5) is 14.6 Å². The van der Waals surface area contributed by atoms with Gasteiger partial charge < -0.3 is 10.1 Å². The van der Waals surface area contributed by atoms with Gasteiger partial charge in [-0.3, -0.25) is 0 Å². The quantitative estimate of drug-likeness (QED) is 0.773. The van der Waals surface area contributed by atoms with Gasteiger partial charge in [0.05, 0.1) is 0 Å². The van der Waals surface area contributed by atoms with Gasteiger partial charge in [-0.1, -0.05) is 5.92 Å². The van der Waals surface area contributed by atoms with Gasteiger partial charge in [0.1, 0.15) is 0 Å². The van der Waals surface area contributed by atoms with Crippen LogP contribution < -0.4 is 10.1 Å². The summed E-state index contributed by atoms with van der Waals surface area (Å²) in [6, 6.07) is 0.705. The van der Waals surface area contributed by atoms with Crippen LogP contribution in [0.1, 0.15) is 6.92 Å². The third-order valence-corrected chi connectivity index (χ3v) is 1.53. The van der Waals surface area contributed by atoms with Crippen LogP contribution in [0, 0.1) is 24.0 Å². The Bertz CT molecular complexity index is 388. The van der Waals surface area contributed by atoms with E-state index in [2.05, 4.69) is 16.2 Å². The molecule has 0 aromatic carbocycles. The van der Waals surface area contributed by atoms with Crippen LogP contribution in [0.2, 0.25) is 0 Å². The van der Waals surface area contributed by atoms with E-state index >= 15 is 0 Å². The Balaban J connectivity index is 2.96. The van der Waals surface area contributed by atoms with Crippen molar-refractivity contribution in [2.45, 2.75) is 6.92 Å². The number of halogens is 2. The van der Waals surface area contributed by atoms with Crippen molar-refractivity contribution < 1.29 is 13.5 Å². The van der Waals surface area contributed by atoms with E-state index in [0.29, 0.717) is 12.6 Å². The highest BCUT2D eigenvalue weighted by Gasteiger charge is 2.11. The summed E-state index contributed by atoms with van der Waals surface area (Å²) in [5.41, 5.74) is 0. The molecule has 0 atom stereocenters. The molecule has 5 heteroatoms. The fraction of sp³-hybridized carbons (Fsp3) is 0.300. The summed E-state index contributed by atoms with van der Waals surface area (Å²) in [4.78, 5) is 3.62. The fourth-order valence-corrected chi connectivity index (χ4v) is 0.952. The molecule has 1 heterocycles. The third-order valence-electron chi connectivity index (χ3n) is 1.53. The first-order chi connectivity index (χ1) is 7.19. The van der Waals surface area contributed by atoms with Crippen LogP contribution in [0.25, 0.3) is 0 Å². The van der Waals surface area contributed by atoms with Gasteiger partial charge in [-0.25, -0.2) is 8.78 Å². The Morgan fingerprint density at radius 1 is 1.53 bits per heavy atom. The zero-order chi connectivity index (χ0) is 11.3. The summed E-state index contributed by atoms with van der Waals surface area (Å²) < 4.78 is 30.9. The smallest absolute Gasteiger partial charge is 0.253 e. The monoisotopic (exact) mass is 212 g/mol. The minimum Gasteiger partial charge on any atom is -0.462 e. The lowest BCUT2D eigenvalue weighted by atomic mass is 10.4. The van der Waals surface area contributed by atoms with Crippen LogP contribution in [0.3, 0.4) is 0 Å². The predicted molar refractivity (Wildman–Crippen MR) is 52.6 cm³/mol. The molecule has 0 aliphatic heterocycles. The van der Waals surface area contributed by atoms with Crippen molar-refractivity contribution in [2.75, 3.05) is 18.5 Å². The zero-order valence-corrected chi connectivity index (χ0v) is 8.18. The molecular formula is C10H10F2N2O. The molecule has 0 spiro atoms. The standard InChI is InChI=1S/C10H10F2N2O/c1-3-5-15-10-8(12)6-7(11)9(14-10)13-4-2/h1,6H,4-5H2,2H3,(H,13,14). The minimum absolute atomic E-state index is 0.0501. The summed E-state index contributed by atoms with van der Waals surface area (Å²) in [7, 11) is 0. The molecule has 0 fully saturated rings. The highest BCUT2D eigenvalue weighted by Crippen LogP contribution is 2.20. The maximum Gasteiger partial charge on any atom is 0.253 e. The molecule has 0 amide bonds. The van der Waals surface area contributed by atoms with Crippen molar-refractivity contribution in [3.63, 3.8) is 0 Å². The molecule has 15 heavy (non-hydrogen) atoms. The van der Waals surface area contributed by atoms with E-state index in [0.717, 1.165) is 0 Å². The second-order valence-corrected chi connectivity index (χ2v) is 2.63. The molecular weight excluding hydrogens is 202 g/mol. The lowest BCUT2D eigenvalue weighted by Crippen LogP contribution is -2.06. The van der Waals surface area contributed by atoms with Gasteiger partial charge in [-0.2, -0.15) is 4.98 Å². The average Bonchev–Trinajstić information content (AvgIpc) is 2.20. The van der Waals surface area contributed by atoms with Crippen molar-refractivity contribution in [3.8, 4) is 18.2 Å². The molecule has 0 radical (unpaired) electrons. The first-order valence-corrected chi connectivity index (χ1v) is 4.35. The SMILES string of the molecule is C#CCOc1nc(NCC)c(F)cc1F. The third kappa shape index (κ3) is 2.81. The number of terminal acetylenes is 1. The maximum absolute atomic E-state index is 13.1. The fourth-order valence-electron chi connectivity index (χ4n) is 0.952. The molecule has 0 unspecified atom stereocenters. The summed E-state index contributed by atoms with van der Waals surface area (Å²) >= 11 is 0. The van der Waals surface area contributed by atoms with Crippen molar-refractivity contribution in [3.05, 3.63) is 17.7 Å². The van der Waals surface area contributed by atoms with E-state index in [9.17, 15) is 8.78 Å². The number of hydrogen-bond donors (Lipinski definition) is 1. The number of rotatable bonds is 4. The van der Waals surface area contributed by atoms with E-state index < -0.39 is 11.6 Å². The molecule has 1 rings (SSSR count). The van der Waals surface area contributed by atoms with Gasteiger partial charge in [0, 0.05) is 12.6 Å². The Hall–Kier alpha value is -1.83. The van der Waals surface area contributed by atoms with Gasteiger partial charge in [0.25, 0.3) is 5.88 Å². The summed E-state index contributed by atoms with van der Waals surface area (Å²) in [5.74, 6) is 0.183. The summed E-state index contributed by atoms with van der Waals surface area (Å²) in [5, 5.41) is 2.64. The Morgan fingerprint density at radius 3 is 2.87 bits per heavy atom. The lowest BCUT2D eigenvalue weighted by Gasteiger charge is -2.07. The molecule has 80 valence electrons. The molecule has 0 saturated carbocycles. The molecule has 1 aromatic rings. The Labute approximate surface area is 86.5 Å². The van der Waals surface area contributed by atoms with Gasteiger partial charge in [-0.15, -0.1) is 6.42 Å². The average molecular weight is 212 g/mol. The van der Waals surface area contributed by atoms with E-state index in [4.69, 9.17) is 11.2 Å². The molecule has 0 bridgehead atoms. The molecule has 1 aromatic heterocycles. The molecule has 0 saturated heterocycles. The van der Waals surface area contributed by atoms with Crippen molar-refractivity contribution in [1.82, 2.24) is 4.98 Å². The Morgan fingerprint density at radius 2 is 2.27 bits per heavy atom. The number of pyridine rings is 1. The van der Waals surface area contributed by atoms with Crippen LogP contribution in [-0.4, -0.2) is 18.1 Å². The van der Waals surface area contributed by atoms with Crippen LogP contribution in [0.15, 0.2) is 6.07 Å². The lowest BCUT2D eigenvalue weighted by molar-refractivity contribution is 0.331. The predicted octanol–water partition coefficient (Wildman–Crippen LogP) is 1.80. The van der Waals surface area contributed by atoms with Crippen molar-refractivity contribution in [1.29, 1.82) is 0 Å². The summed E-state index contributed by atoms with van der Waals surface area (Å²) in [6.07, 6.45) is 4.94. The van der Waals surface area contributed by atoms with Gasteiger partial charge in [0.15, 0.2) is 24.1 Å². The van der Waals surface area contributed by atoms with Crippen LogP contribution in [-0.2, 0) is 0 Å². The summed E-state index contributed by atoms with van der Waals surface area (Å²) in [6.45, 7) is 2.14. The maximum atomic E-state index is 13.1. The number of aromatic nitrogens is 1. The number of nitrogens with one attached hydrogen (secondary N) is 1. The highest BCUT2D eigenvalue weighted by atomic mass is 19.1. The first kappa shape index (κ1) is 11.2. The van der Waals surface area contributed by atoms with Crippen molar-refractivity contribution >= 4 is 5.82 Å². The van der Waals surface area contributed by atoms with E-state index in [1.807, 2.05) is 0 Å². The van der Waals surface area contributed by atoms with Crippen molar-refractivity contribution in [2.24, 2.45) is 0 Å². The van der Waals surface area contributed by atoms with E-state index in [1.165, 1.54) is 0 Å². The van der Waals surface area contributed by atoms with Gasteiger partial charge >= 0.3 is 0 Å². The zero-order valence-electron chi connectivity index (χ0n) is 8.18. The molecule has 0 aliphatic rings. The van der Waals surface area contributed by atoms with Crippen LogP contribution >= 0.6 is 0 Å². The minimum atomic E-state index is -0.871. The topological polar surface area (TPSA) is 34.1 Å². The van der Waals surface area contributed by atoms with E-state index in [-0.39, 0.29) is 18.3 Å². The number of ether oxygens (including phenoxy) is 1. The van der Waals surface area contributed by atoms with Gasteiger partial charge in [0.2, 0.25) is 0 Å². The normalized spacial score (nSPS) is 9.47. The van der Waals surface area contributed by atoms with Crippen LogP contribution in [0.5, 0.6) is 5.88 Å². The molecule has 3 nitrogen and oxygen atoms in total. The van der Waals surface area contributed by atoms with Gasteiger partial charge in [-0.05, 0) is 6.92 Å². The highest BCUT2D eigenvalue weighted by molar-refractivity contribution is 5.39. The number of hydrogen-bond acceptors (Lipinski definition) is 3.